The van der Waals surface area contributed by atoms with Crippen LogP contribution in [-0.2, 0) is 6.54 Å². The third-order valence-electron chi connectivity index (χ3n) is 5.72. The van der Waals surface area contributed by atoms with E-state index in [1.165, 1.54) is 5.56 Å². The summed E-state index contributed by atoms with van der Waals surface area (Å²) in [5.74, 6) is 0. The number of hydrogen-bond donors (Lipinski definition) is 0. The molecule has 6 heteroatoms. The fourth-order valence-corrected chi connectivity index (χ4v) is 4.64. The molecule has 0 radical (unpaired) electrons. The lowest BCUT2D eigenvalue weighted by atomic mass is 10.0. The summed E-state index contributed by atoms with van der Waals surface area (Å²) >= 11 is 6.10. The SMILES string of the molecule is CC1CN(c2ccc(C#N)c3ncccc23)CC2c3ccc(Cl)nc3CN12. The summed E-state index contributed by atoms with van der Waals surface area (Å²) in [5.41, 5.74) is 4.89. The molecule has 5 nitrogen and oxygen atoms in total. The minimum absolute atomic E-state index is 0.302. The van der Waals surface area contributed by atoms with Gasteiger partial charge in [-0.2, -0.15) is 5.26 Å². The molecule has 0 aliphatic carbocycles. The Kier molecular flexibility index (Phi) is 3.78. The number of anilines is 1. The van der Waals surface area contributed by atoms with E-state index in [9.17, 15) is 5.26 Å². The fourth-order valence-electron chi connectivity index (χ4n) is 4.47. The smallest absolute Gasteiger partial charge is 0.129 e. The molecule has 134 valence electrons. The van der Waals surface area contributed by atoms with Gasteiger partial charge in [0.15, 0.2) is 0 Å². The molecule has 27 heavy (non-hydrogen) atoms. The molecule has 0 N–H and O–H groups in total. The van der Waals surface area contributed by atoms with Crippen molar-refractivity contribution in [1.29, 1.82) is 5.26 Å². The van der Waals surface area contributed by atoms with Crippen LogP contribution in [0.4, 0.5) is 5.69 Å². The Bertz CT molecular complexity index is 1090. The molecule has 2 aromatic heterocycles. The number of rotatable bonds is 1. The number of hydrogen-bond acceptors (Lipinski definition) is 5. The highest BCUT2D eigenvalue weighted by atomic mass is 35.5. The van der Waals surface area contributed by atoms with Gasteiger partial charge >= 0.3 is 0 Å². The maximum atomic E-state index is 9.41. The maximum absolute atomic E-state index is 9.41. The Morgan fingerprint density at radius 1 is 1.19 bits per heavy atom. The van der Waals surface area contributed by atoms with E-state index < -0.39 is 0 Å². The summed E-state index contributed by atoms with van der Waals surface area (Å²) in [6.45, 7) is 4.92. The first kappa shape index (κ1) is 16.5. The molecule has 2 atom stereocenters. The van der Waals surface area contributed by atoms with E-state index in [1.54, 1.807) is 6.20 Å². The highest BCUT2D eigenvalue weighted by Crippen LogP contribution is 2.40. The van der Waals surface area contributed by atoms with Crippen LogP contribution in [-0.4, -0.2) is 34.0 Å². The van der Waals surface area contributed by atoms with Gasteiger partial charge in [-0.25, -0.2) is 4.98 Å². The van der Waals surface area contributed by atoms with Crippen LogP contribution in [0.5, 0.6) is 0 Å². The normalized spacial score (nSPS) is 21.7. The van der Waals surface area contributed by atoms with Gasteiger partial charge in [0.1, 0.15) is 11.2 Å². The second-order valence-corrected chi connectivity index (χ2v) is 7.64. The standard InChI is InChI=1S/C21H18ClN5/c1-13-10-26(12-19-15-5-7-20(22)25-17(15)11-27(13)19)18-6-4-14(9-23)21-16(18)3-2-8-24-21/h2-8,13,19H,10-12H2,1H3. The van der Waals surface area contributed by atoms with Crippen LogP contribution in [0.25, 0.3) is 10.9 Å². The van der Waals surface area contributed by atoms with Gasteiger partial charge in [0.2, 0.25) is 0 Å². The first-order valence-corrected chi connectivity index (χ1v) is 9.47. The third-order valence-corrected chi connectivity index (χ3v) is 5.93. The highest BCUT2D eigenvalue weighted by molar-refractivity contribution is 6.29. The van der Waals surface area contributed by atoms with E-state index in [-0.39, 0.29) is 0 Å². The van der Waals surface area contributed by atoms with Crippen LogP contribution in [0.1, 0.15) is 29.8 Å². The van der Waals surface area contributed by atoms with Crippen molar-refractivity contribution in [2.75, 3.05) is 18.0 Å². The summed E-state index contributed by atoms with van der Waals surface area (Å²) < 4.78 is 0. The molecule has 0 bridgehead atoms. The van der Waals surface area contributed by atoms with Crippen molar-refractivity contribution in [3.63, 3.8) is 0 Å². The second-order valence-electron chi connectivity index (χ2n) is 7.26. The molecule has 2 aliphatic heterocycles. The molecule has 1 fully saturated rings. The van der Waals surface area contributed by atoms with Crippen LogP contribution in [0.15, 0.2) is 42.6 Å². The molecule has 1 saturated heterocycles. The summed E-state index contributed by atoms with van der Waals surface area (Å²) in [6, 6.07) is 14.9. The number of piperazine rings is 1. The Balaban J connectivity index is 1.57. The zero-order chi connectivity index (χ0) is 18.5. The molecule has 1 aromatic carbocycles. The topological polar surface area (TPSA) is 56.1 Å². The van der Waals surface area contributed by atoms with Gasteiger partial charge in [-0.3, -0.25) is 9.88 Å². The number of pyridine rings is 2. The molecule has 0 amide bonds. The minimum Gasteiger partial charge on any atom is -0.368 e. The molecule has 0 spiro atoms. The van der Waals surface area contributed by atoms with Crippen molar-refractivity contribution in [1.82, 2.24) is 14.9 Å². The first-order chi connectivity index (χ1) is 13.2. The molecule has 4 heterocycles. The fraction of sp³-hybridized carbons (Fsp3) is 0.286. The van der Waals surface area contributed by atoms with Crippen LogP contribution < -0.4 is 4.90 Å². The van der Waals surface area contributed by atoms with Gasteiger partial charge in [0.05, 0.1) is 22.8 Å². The summed E-state index contributed by atoms with van der Waals surface area (Å²) in [4.78, 5) is 13.9. The van der Waals surface area contributed by atoms with E-state index in [0.29, 0.717) is 22.8 Å². The molecule has 0 saturated carbocycles. The van der Waals surface area contributed by atoms with Gasteiger partial charge in [0, 0.05) is 42.9 Å². The van der Waals surface area contributed by atoms with Gasteiger partial charge in [0.25, 0.3) is 0 Å². The lowest BCUT2D eigenvalue weighted by molar-refractivity contribution is 0.133. The Hall–Kier alpha value is -2.68. The molecule has 5 rings (SSSR count). The van der Waals surface area contributed by atoms with E-state index in [2.05, 4.69) is 51.0 Å². The summed E-state index contributed by atoms with van der Waals surface area (Å²) in [6.07, 6.45) is 1.75. The molecule has 3 aromatic rings. The first-order valence-electron chi connectivity index (χ1n) is 9.09. The number of nitriles is 1. The van der Waals surface area contributed by atoms with Gasteiger partial charge in [-0.15, -0.1) is 0 Å². The van der Waals surface area contributed by atoms with E-state index in [4.69, 9.17) is 11.6 Å². The zero-order valence-corrected chi connectivity index (χ0v) is 15.7. The lowest BCUT2D eigenvalue weighted by Gasteiger charge is -2.43. The van der Waals surface area contributed by atoms with Gasteiger partial charge in [-0.1, -0.05) is 17.7 Å². The monoisotopic (exact) mass is 375 g/mol. The average molecular weight is 376 g/mol. The third kappa shape index (κ3) is 2.56. The average Bonchev–Trinajstić information content (AvgIpc) is 3.05. The summed E-state index contributed by atoms with van der Waals surface area (Å²) in [7, 11) is 0. The predicted molar refractivity (Wildman–Crippen MR) is 106 cm³/mol. The van der Waals surface area contributed by atoms with Crippen molar-refractivity contribution in [2.45, 2.75) is 25.6 Å². The van der Waals surface area contributed by atoms with Gasteiger partial charge in [-0.05, 0) is 42.8 Å². The minimum atomic E-state index is 0.302. The number of nitrogens with zero attached hydrogens (tertiary/aromatic N) is 5. The van der Waals surface area contributed by atoms with Crippen molar-refractivity contribution in [2.24, 2.45) is 0 Å². The van der Waals surface area contributed by atoms with E-state index >= 15 is 0 Å². The van der Waals surface area contributed by atoms with Crippen LogP contribution in [0.3, 0.4) is 0 Å². The maximum Gasteiger partial charge on any atom is 0.129 e. The number of fused-ring (bicyclic) bond motifs is 4. The predicted octanol–water partition coefficient (Wildman–Crippen LogP) is 3.92. The molecule has 2 aliphatic rings. The van der Waals surface area contributed by atoms with Gasteiger partial charge < -0.3 is 4.90 Å². The van der Waals surface area contributed by atoms with Crippen LogP contribution in [0, 0.1) is 11.3 Å². The molecular weight excluding hydrogens is 358 g/mol. The Morgan fingerprint density at radius 2 is 2.07 bits per heavy atom. The van der Waals surface area contributed by atoms with Crippen molar-refractivity contribution >= 4 is 28.2 Å². The van der Waals surface area contributed by atoms with Crippen molar-refractivity contribution in [3.8, 4) is 6.07 Å². The Morgan fingerprint density at radius 3 is 2.93 bits per heavy atom. The van der Waals surface area contributed by atoms with Crippen LogP contribution >= 0.6 is 11.6 Å². The number of aromatic nitrogens is 2. The van der Waals surface area contributed by atoms with Crippen molar-refractivity contribution < 1.29 is 0 Å². The number of benzene rings is 1. The molecular formula is C21H18ClN5. The van der Waals surface area contributed by atoms with Crippen molar-refractivity contribution in [3.05, 3.63) is 64.6 Å². The van der Waals surface area contributed by atoms with E-state index in [1.807, 2.05) is 18.2 Å². The zero-order valence-electron chi connectivity index (χ0n) is 14.9. The second kappa shape index (κ2) is 6.19. The van der Waals surface area contributed by atoms with Crippen LogP contribution in [0.2, 0.25) is 5.15 Å². The summed E-state index contributed by atoms with van der Waals surface area (Å²) in [5, 5.41) is 11.0. The largest absolute Gasteiger partial charge is 0.368 e. The number of halogens is 1. The quantitative estimate of drug-likeness (QED) is 0.603. The highest BCUT2D eigenvalue weighted by Gasteiger charge is 2.39. The van der Waals surface area contributed by atoms with E-state index in [0.717, 1.165) is 41.9 Å². The lowest BCUT2D eigenvalue weighted by Crippen LogP contribution is -2.51. The molecule has 2 unspecified atom stereocenters. The Labute approximate surface area is 162 Å².